The molecule has 2 unspecified atom stereocenters. The van der Waals surface area contributed by atoms with Gasteiger partial charge in [0.2, 0.25) is 5.95 Å². The Balaban J connectivity index is 1.50. The van der Waals surface area contributed by atoms with Gasteiger partial charge in [0.25, 0.3) is 0 Å². The van der Waals surface area contributed by atoms with Gasteiger partial charge >= 0.3 is 0 Å². The predicted molar refractivity (Wildman–Crippen MR) is 69.3 cm³/mol. The van der Waals surface area contributed by atoms with Crippen molar-refractivity contribution in [3.05, 3.63) is 12.4 Å². The standard InChI is InChI=1S/C12H19N5O/c13-9-4-14-12(15-5-9)16-6-11-7-17-3-1-2-10(17)8-18-11/h4-5,10-11H,1-3,6-8,13H2,(H,14,15,16). The van der Waals surface area contributed by atoms with Crippen molar-refractivity contribution < 1.29 is 4.74 Å². The van der Waals surface area contributed by atoms with Crippen LogP contribution < -0.4 is 11.1 Å². The second kappa shape index (κ2) is 5.07. The van der Waals surface area contributed by atoms with E-state index in [2.05, 4.69) is 20.2 Å². The Hall–Kier alpha value is -1.40. The van der Waals surface area contributed by atoms with Crippen LogP contribution in [0.4, 0.5) is 11.6 Å². The summed E-state index contributed by atoms with van der Waals surface area (Å²) in [6.07, 6.45) is 6.01. The molecule has 2 aliphatic heterocycles. The van der Waals surface area contributed by atoms with E-state index >= 15 is 0 Å². The molecule has 1 aromatic rings. The topological polar surface area (TPSA) is 76.3 Å². The van der Waals surface area contributed by atoms with E-state index in [-0.39, 0.29) is 6.10 Å². The van der Waals surface area contributed by atoms with Crippen LogP contribution in [0.15, 0.2) is 12.4 Å². The number of nitrogens with one attached hydrogen (secondary N) is 1. The van der Waals surface area contributed by atoms with E-state index in [1.165, 1.54) is 19.4 Å². The number of anilines is 2. The first-order valence-electron chi connectivity index (χ1n) is 6.48. The molecule has 3 heterocycles. The lowest BCUT2D eigenvalue weighted by atomic mass is 10.2. The molecule has 18 heavy (non-hydrogen) atoms. The quantitative estimate of drug-likeness (QED) is 0.804. The van der Waals surface area contributed by atoms with Crippen LogP contribution in [0.1, 0.15) is 12.8 Å². The highest BCUT2D eigenvalue weighted by Gasteiger charge is 2.31. The van der Waals surface area contributed by atoms with E-state index < -0.39 is 0 Å². The molecule has 0 radical (unpaired) electrons. The summed E-state index contributed by atoms with van der Waals surface area (Å²) in [5, 5.41) is 3.19. The maximum absolute atomic E-state index is 5.85. The molecule has 0 aliphatic carbocycles. The molecule has 6 heteroatoms. The van der Waals surface area contributed by atoms with Crippen LogP contribution in [0.25, 0.3) is 0 Å². The first kappa shape index (κ1) is 11.7. The summed E-state index contributed by atoms with van der Waals surface area (Å²) < 4.78 is 5.85. The predicted octanol–water partition coefficient (Wildman–Crippen LogP) is 0.334. The Morgan fingerprint density at radius 2 is 2.28 bits per heavy atom. The van der Waals surface area contributed by atoms with Gasteiger partial charge in [-0.25, -0.2) is 9.97 Å². The van der Waals surface area contributed by atoms with Crippen LogP contribution in [0.5, 0.6) is 0 Å². The largest absolute Gasteiger partial charge is 0.396 e. The molecule has 6 nitrogen and oxygen atoms in total. The number of hydrogen-bond donors (Lipinski definition) is 2. The third-order valence-corrected chi connectivity index (χ3v) is 3.62. The second-order valence-corrected chi connectivity index (χ2v) is 4.97. The van der Waals surface area contributed by atoms with E-state index in [1.807, 2.05) is 0 Å². The Morgan fingerprint density at radius 1 is 1.44 bits per heavy atom. The Morgan fingerprint density at radius 3 is 3.11 bits per heavy atom. The number of nitrogen functional groups attached to an aromatic ring is 1. The zero-order valence-corrected chi connectivity index (χ0v) is 10.4. The summed E-state index contributed by atoms with van der Waals surface area (Å²) in [5.41, 5.74) is 6.12. The van der Waals surface area contributed by atoms with Gasteiger partial charge in [-0.1, -0.05) is 0 Å². The van der Waals surface area contributed by atoms with E-state index in [0.717, 1.165) is 19.7 Å². The molecule has 98 valence electrons. The van der Waals surface area contributed by atoms with E-state index in [4.69, 9.17) is 10.5 Å². The van der Waals surface area contributed by atoms with Crippen LogP contribution in [0, 0.1) is 0 Å². The minimum Gasteiger partial charge on any atom is -0.396 e. The number of ether oxygens (including phenoxy) is 1. The molecule has 2 saturated heterocycles. The summed E-state index contributed by atoms with van der Waals surface area (Å²) in [7, 11) is 0. The normalized spacial score (nSPS) is 28.0. The van der Waals surface area contributed by atoms with Gasteiger partial charge in [-0.2, -0.15) is 0 Å². The summed E-state index contributed by atoms with van der Waals surface area (Å²) in [5.74, 6) is 0.608. The number of hydrogen-bond acceptors (Lipinski definition) is 6. The van der Waals surface area contributed by atoms with Crippen molar-refractivity contribution in [3.8, 4) is 0 Å². The van der Waals surface area contributed by atoms with Crippen LogP contribution in [0.3, 0.4) is 0 Å². The van der Waals surface area contributed by atoms with Crippen molar-refractivity contribution in [2.45, 2.75) is 25.0 Å². The summed E-state index contributed by atoms with van der Waals surface area (Å²) in [6, 6.07) is 0.647. The maximum atomic E-state index is 5.85. The summed E-state index contributed by atoms with van der Waals surface area (Å²) in [6.45, 7) is 3.82. The van der Waals surface area contributed by atoms with E-state index in [9.17, 15) is 0 Å². The lowest BCUT2D eigenvalue weighted by Crippen LogP contribution is -2.48. The molecule has 0 aromatic carbocycles. The number of nitrogens with two attached hydrogens (primary N) is 1. The van der Waals surface area contributed by atoms with Gasteiger partial charge in [-0.05, 0) is 19.4 Å². The second-order valence-electron chi connectivity index (χ2n) is 4.97. The highest BCUT2D eigenvalue weighted by Crippen LogP contribution is 2.22. The average Bonchev–Trinajstić information content (AvgIpc) is 2.85. The number of morpholine rings is 1. The van der Waals surface area contributed by atoms with Gasteiger partial charge in [-0.15, -0.1) is 0 Å². The summed E-state index contributed by atoms with van der Waals surface area (Å²) in [4.78, 5) is 10.8. The average molecular weight is 249 g/mol. The molecule has 3 rings (SSSR count). The van der Waals surface area contributed by atoms with Crippen molar-refractivity contribution in [1.82, 2.24) is 14.9 Å². The lowest BCUT2D eigenvalue weighted by molar-refractivity contribution is -0.0416. The fourth-order valence-electron chi connectivity index (χ4n) is 2.64. The Kier molecular flexibility index (Phi) is 3.29. The maximum Gasteiger partial charge on any atom is 0.222 e. The molecule has 0 spiro atoms. The molecule has 0 bridgehead atoms. The fourth-order valence-corrected chi connectivity index (χ4v) is 2.64. The molecule has 3 N–H and O–H groups in total. The van der Waals surface area contributed by atoms with E-state index in [1.54, 1.807) is 12.4 Å². The van der Waals surface area contributed by atoms with Gasteiger partial charge < -0.3 is 15.8 Å². The Bertz CT molecular complexity index is 396. The molecular weight excluding hydrogens is 230 g/mol. The van der Waals surface area contributed by atoms with Gasteiger partial charge in [0.05, 0.1) is 30.8 Å². The van der Waals surface area contributed by atoms with Crippen molar-refractivity contribution >= 4 is 11.6 Å². The minimum absolute atomic E-state index is 0.223. The molecular formula is C12H19N5O. The van der Waals surface area contributed by atoms with Gasteiger partial charge in [0.15, 0.2) is 0 Å². The molecule has 2 aliphatic rings. The van der Waals surface area contributed by atoms with Crippen molar-refractivity contribution in [3.63, 3.8) is 0 Å². The van der Waals surface area contributed by atoms with Crippen molar-refractivity contribution in [1.29, 1.82) is 0 Å². The zero-order chi connectivity index (χ0) is 12.4. The monoisotopic (exact) mass is 249 g/mol. The van der Waals surface area contributed by atoms with Crippen LogP contribution >= 0.6 is 0 Å². The Labute approximate surface area is 107 Å². The van der Waals surface area contributed by atoms with Gasteiger partial charge in [-0.3, -0.25) is 4.90 Å². The van der Waals surface area contributed by atoms with Crippen molar-refractivity contribution in [2.24, 2.45) is 0 Å². The molecule has 1 aromatic heterocycles. The number of rotatable bonds is 3. The highest BCUT2D eigenvalue weighted by atomic mass is 16.5. The lowest BCUT2D eigenvalue weighted by Gasteiger charge is -2.35. The first-order chi connectivity index (χ1) is 8.81. The molecule has 0 amide bonds. The van der Waals surface area contributed by atoms with Gasteiger partial charge in [0.1, 0.15) is 0 Å². The van der Waals surface area contributed by atoms with E-state index in [0.29, 0.717) is 17.7 Å². The fraction of sp³-hybridized carbons (Fsp3) is 0.667. The molecule has 2 atom stereocenters. The van der Waals surface area contributed by atoms with Crippen LogP contribution in [0.2, 0.25) is 0 Å². The molecule has 0 saturated carbocycles. The molecule has 2 fully saturated rings. The van der Waals surface area contributed by atoms with Crippen molar-refractivity contribution in [2.75, 3.05) is 37.3 Å². The summed E-state index contributed by atoms with van der Waals surface area (Å²) >= 11 is 0. The third kappa shape index (κ3) is 2.54. The number of fused-ring (bicyclic) bond motifs is 1. The highest BCUT2D eigenvalue weighted by molar-refractivity contribution is 5.35. The SMILES string of the molecule is Nc1cnc(NCC2CN3CCCC3CO2)nc1. The number of aromatic nitrogens is 2. The van der Waals surface area contributed by atoms with Gasteiger partial charge in [0, 0.05) is 19.1 Å². The van der Waals surface area contributed by atoms with Crippen LogP contribution in [-0.4, -0.2) is 53.3 Å². The van der Waals surface area contributed by atoms with Crippen LogP contribution in [-0.2, 0) is 4.74 Å². The first-order valence-corrected chi connectivity index (χ1v) is 6.48. The zero-order valence-electron chi connectivity index (χ0n) is 10.4. The third-order valence-electron chi connectivity index (χ3n) is 3.62. The smallest absolute Gasteiger partial charge is 0.222 e. The minimum atomic E-state index is 0.223. The number of nitrogens with zero attached hydrogens (tertiary/aromatic N) is 3.